The molecule has 0 aliphatic carbocycles. The minimum Gasteiger partial charge on any atom is -0.337 e. The molecule has 1 aromatic carbocycles. The van der Waals surface area contributed by atoms with Gasteiger partial charge in [-0.1, -0.05) is 29.5 Å². The second-order valence-corrected chi connectivity index (χ2v) is 7.02. The zero-order valence-electron chi connectivity index (χ0n) is 14.7. The van der Waals surface area contributed by atoms with E-state index in [1.165, 1.54) is 12.1 Å². The number of benzene rings is 1. The van der Waals surface area contributed by atoms with E-state index in [1.54, 1.807) is 11.9 Å². The number of amides is 1. The maximum absolute atomic E-state index is 12.6. The Bertz CT molecular complexity index is 962. The Morgan fingerprint density at radius 1 is 1.23 bits per heavy atom. The van der Waals surface area contributed by atoms with Crippen LogP contribution < -0.4 is 0 Å². The Morgan fingerprint density at radius 3 is 2.54 bits per heavy atom. The van der Waals surface area contributed by atoms with Crippen molar-refractivity contribution in [2.75, 3.05) is 7.05 Å². The van der Waals surface area contributed by atoms with Crippen LogP contribution in [0.1, 0.15) is 26.6 Å². The quantitative estimate of drug-likeness (QED) is 0.506. The van der Waals surface area contributed by atoms with Gasteiger partial charge in [-0.2, -0.15) is 5.10 Å². The Balaban J connectivity index is 1.83. The number of hydrogen-bond donors (Lipinski definition) is 0. The third-order valence-electron chi connectivity index (χ3n) is 4.17. The van der Waals surface area contributed by atoms with Crippen molar-refractivity contribution in [3.05, 3.63) is 74.4 Å². The third kappa shape index (κ3) is 3.36. The van der Waals surface area contributed by atoms with Gasteiger partial charge < -0.3 is 4.90 Å². The molecular formula is C18H18N4O3S. The lowest BCUT2D eigenvalue weighted by molar-refractivity contribution is -0.380. The van der Waals surface area contributed by atoms with Gasteiger partial charge in [-0.3, -0.25) is 14.9 Å². The van der Waals surface area contributed by atoms with Crippen LogP contribution in [0.4, 0.5) is 5.00 Å². The number of carbonyl (C=O) groups excluding carboxylic acids is 1. The molecule has 2 heterocycles. The molecule has 3 aromatic rings. The normalized spacial score (nSPS) is 10.7. The highest BCUT2D eigenvalue weighted by Gasteiger charge is 2.21. The molecule has 0 aliphatic rings. The molecule has 3 rings (SSSR count). The van der Waals surface area contributed by atoms with E-state index in [1.807, 2.05) is 48.9 Å². The number of nitro groups is 1. The van der Waals surface area contributed by atoms with Crippen molar-refractivity contribution in [1.82, 2.24) is 14.7 Å². The average molecular weight is 370 g/mol. The van der Waals surface area contributed by atoms with Crippen LogP contribution in [0.5, 0.6) is 0 Å². The van der Waals surface area contributed by atoms with E-state index >= 15 is 0 Å². The van der Waals surface area contributed by atoms with Crippen molar-refractivity contribution in [2.24, 2.45) is 0 Å². The first-order chi connectivity index (χ1) is 12.4. The van der Waals surface area contributed by atoms with E-state index in [-0.39, 0.29) is 10.9 Å². The first kappa shape index (κ1) is 17.8. The van der Waals surface area contributed by atoms with Gasteiger partial charge in [0.25, 0.3) is 5.91 Å². The summed E-state index contributed by atoms with van der Waals surface area (Å²) in [6.45, 7) is 4.27. The van der Waals surface area contributed by atoms with E-state index in [2.05, 4.69) is 5.10 Å². The predicted octanol–water partition coefficient (Wildman–Crippen LogP) is 3.73. The second-order valence-electron chi connectivity index (χ2n) is 5.95. The van der Waals surface area contributed by atoms with Crippen molar-refractivity contribution in [1.29, 1.82) is 0 Å². The van der Waals surface area contributed by atoms with Gasteiger partial charge in [0.05, 0.1) is 21.2 Å². The molecular weight excluding hydrogens is 352 g/mol. The van der Waals surface area contributed by atoms with E-state index in [9.17, 15) is 14.9 Å². The molecule has 0 radical (unpaired) electrons. The molecule has 8 heteroatoms. The zero-order chi connectivity index (χ0) is 18.8. The molecule has 0 spiro atoms. The average Bonchev–Trinajstić information content (AvgIpc) is 3.22. The van der Waals surface area contributed by atoms with Gasteiger partial charge in [-0.25, -0.2) is 4.68 Å². The number of para-hydroxylation sites is 1. The molecule has 26 heavy (non-hydrogen) atoms. The molecule has 2 aromatic heterocycles. The van der Waals surface area contributed by atoms with Crippen LogP contribution in [0.15, 0.2) is 42.5 Å². The lowest BCUT2D eigenvalue weighted by atomic mass is 10.2. The fourth-order valence-electron chi connectivity index (χ4n) is 2.76. The summed E-state index contributed by atoms with van der Waals surface area (Å²) in [5, 5.41) is 15.4. The van der Waals surface area contributed by atoms with Gasteiger partial charge >= 0.3 is 5.00 Å². The SMILES string of the molecule is Cc1nn(-c2ccccc2)c(C)c1CN(C)C(=O)c1ccc([N+](=O)[O-])s1. The van der Waals surface area contributed by atoms with Crippen molar-refractivity contribution in [2.45, 2.75) is 20.4 Å². The number of nitrogens with zero attached hydrogens (tertiary/aromatic N) is 4. The molecule has 0 saturated carbocycles. The van der Waals surface area contributed by atoms with Crippen molar-refractivity contribution in [3.63, 3.8) is 0 Å². The van der Waals surface area contributed by atoms with Crippen LogP contribution in [0.3, 0.4) is 0 Å². The molecule has 0 saturated heterocycles. The lowest BCUT2D eigenvalue weighted by Crippen LogP contribution is -2.26. The number of rotatable bonds is 5. The summed E-state index contributed by atoms with van der Waals surface area (Å²) in [7, 11) is 1.69. The minimum atomic E-state index is -0.486. The number of aryl methyl sites for hydroxylation is 1. The van der Waals surface area contributed by atoms with Crippen molar-refractivity contribution >= 4 is 22.2 Å². The first-order valence-electron chi connectivity index (χ1n) is 7.98. The van der Waals surface area contributed by atoms with Gasteiger partial charge in [0.2, 0.25) is 0 Å². The lowest BCUT2D eigenvalue weighted by Gasteiger charge is -2.16. The topological polar surface area (TPSA) is 81.3 Å². The maximum atomic E-state index is 12.6. The summed E-state index contributed by atoms with van der Waals surface area (Å²) >= 11 is 0.887. The zero-order valence-corrected chi connectivity index (χ0v) is 15.5. The molecule has 0 aliphatic heterocycles. The predicted molar refractivity (Wildman–Crippen MR) is 99.8 cm³/mol. The van der Waals surface area contributed by atoms with Crippen LogP contribution in [-0.4, -0.2) is 32.6 Å². The second kappa shape index (κ2) is 7.09. The van der Waals surface area contributed by atoms with Crippen LogP contribution in [0, 0.1) is 24.0 Å². The largest absolute Gasteiger partial charge is 0.337 e. The fraction of sp³-hybridized carbons (Fsp3) is 0.222. The monoisotopic (exact) mass is 370 g/mol. The number of aromatic nitrogens is 2. The number of carbonyl (C=O) groups is 1. The number of hydrogen-bond acceptors (Lipinski definition) is 5. The third-order valence-corrected chi connectivity index (χ3v) is 5.19. The van der Waals surface area contributed by atoms with E-state index in [0.717, 1.165) is 34.0 Å². The molecule has 134 valence electrons. The minimum absolute atomic E-state index is 0.0361. The van der Waals surface area contributed by atoms with E-state index in [4.69, 9.17) is 0 Å². The molecule has 0 fully saturated rings. The van der Waals surface area contributed by atoms with E-state index in [0.29, 0.717) is 11.4 Å². The summed E-state index contributed by atoms with van der Waals surface area (Å²) < 4.78 is 1.86. The van der Waals surface area contributed by atoms with Crippen LogP contribution in [0.2, 0.25) is 0 Å². The Morgan fingerprint density at radius 2 is 1.92 bits per heavy atom. The highest BCUT2D eigenvalue weighted by molar-refractivity contribution is 7.17. The molecule has 0 atom stereocenters. The molecule has 1 amide bonds. The Hall–Kier alpha value is -3.00. The van der Waals surface area contributed by atoms with Gasteiger partial charge in [-0.15, -0.1) is 0 Å². The summed E-state index contributed by atoms with van der Waals surface area (Å²) in [6, 6.07) is 12.6. The summed E-state index contributed by atoms with van der Waals surface area (Å²) in [5.74, 6) is -0.241. The van der Waals surface area contributed by atoms with E-state index < -0.39 is 4.92 Å². The molecule has 0 unspecified atom stereocenters. The molecule has 7 nitrogen and oxygen atoms in total. The van der Waals surface area contributed by atoms with Crippen LogP contribution >= 0.6 is 11.3 Å². The molecule has 0 N–H and O–H groups in total. The smallest absolute Gasteiger partial charge is 0.324 e. The maximum Gasteiger partial charge on any atom is 0.324 e. The summed E-state index contributed by atoms with van der Waals surface area (Å²) in [4.78, 5) is 24.8. The van der Waals surface area contributed by atoms with Gasteiger partial charge in [-0.05, 0) is 32.0 Å². The standard InChI is InChI=1S/C18H18N4O3S/c1-12-15(13(2)21(19-12)14-7-5-4-6-8-14)11-20(3)18(23)16-9-10-17(26-16)22(24)25/h4-10H,11H2,1-3H3. The Kier molecular flexibility index (Phi) is 4.85. The first-order valence-corrected chi connectivity index (χ1v) is 8.80. The van der Waals surface area contributed by atoms with Crippen LogP contribution in [0.25, 0.3) is 5.69 Å². The van der Waals surface area contributed by atoms with Crippen molar-refractivity contribution in [3.8, 4) is 5.69 Å². The highest BCUT2D eigenvalue weighted by Crippen LogP contribution is 2.26. The summed E-state index contributed by atoms with van der Waals surface area (Å²) in [5.41, 5.74) is 3.74. The van der Waals surface area contributed by atoms with Gasteiger partial charge in [0.1, 0.15) is 0 Å². The van der Waals surface area contributed by atoms with Crippen LogP contribution in [-0.2, 0) is 6.54 Å². The highest BCUT2D eigenvalue weighted by atomic mass is 32.1. The van der Waals surface area contributed by atoms with Crippen molar-refractivity contribution < 1.29 is 9.72 Å². The molecule has 0 bridgehead atoms. The fourth-order valence-corrected chi connectivity index (χ4v) is 3.58. The van der Waals surface area contributed by atoms with Gasteiger partial charge in [0.15, 0.2) is 0 Å². The summed E-state index contributed by atoms with van der Waals surface area (Å²) in [6.07, 6.45) is 0. The Labute approximate surface area is 154 Å². The number of thiophene rings is 1. The van der Waals surface area contributed by atoms with Gasteiger partial charge in [0, 0.05) is 30.9 Å².